The van der Waals surface area contributed by atoms with Crippen molar-refractivity contribution in [3.8, 4) is 5.75 Å². The summed E-state index contributed by atoms with van der Waals surface area (Å²) >= 11 is 3.09. The van der Waals surface area contributed by atoms with Gasteiger partial charge in [-0.25, -0.2) is 4.98 Å². The highest BCUT2D eigenvalue weighted by Crippen LogP contribution is 2.32. The number of piperidine rings is 1. The number of carbonyl (C=O) groups excluding carboxylic acids is 1. The van der Waals surface area contributed by atoms with Crippen molar-refractivity contribution in [2.45, 2.75) is 18.8 Å². The number of nitrogens with zero attached hydrogens (tertiary/aromatic N) is 3. The Bertz CT molecular complexity index is 1090. The van der Waals surface area contributed by atoms with Gasteiger partial charge in [-0.05, 0) is 42.5 Å². The van der Waals surface area contributed by atoms with Crippen LogP contribution in [0.3, 0.4) is 0 Å². The van der Waals surface area contributed by atoms with Gasteiger partial charge in [0.25, 0.3) is 5.91 Å². The lowest BCUT2D eigenvalue weighted by molar-refractivity contribution is 0.0718. The number of carbonyl (C=O) groups is 1. The summed E-state index contributed by atoms with van der Waals surface area (Å²) in [5.74, 6) is 0.859. The number of amides is 1. The first kappa shape index (κ1) is 15.8. The van der Waals surface area contributed by atoms with E-state index in [0.717, 1.165) is 46.1 Å². The second-order valence-corrected chi connectivity index (χ2v) is 8.53. The lowest BCUT2D eigenvalue weighted by Gasteiger charge is -2.32. The van der Waals surface area contributed by atoms with E-state index < -0.39 is 0 Å². The highest BCUT2D eigenvalue weighted by Gasteiger charge is 2.26. The minimum Gasteiger partial charge on any atom is -0.508 e. The first-order chi connectivity index (χ1) is 12.7. The molecule has 0 aliphatic carbocycles. The van der Waals surface area contributed by atoms with Crippen molar-refractivity contribution in [2.24, 2.45) is 0 Å². The molecule has 26 heavy (non-hydrogen) atoms. The number of likely N-dealkylation sites (tertiary alicyclic amines) is 1. The quantitative estimate of drug-likeness (QED) is 0.560. The molecule has 1 aromatic carbocycles. The molecule has 0 bridgehead atoms. The van der Waals surface area contributed by atoms with Gasteiger partial charge in [0.15, 0.2) is 4.96 Å². The minimum atomic E-state index is 0.112. The highest BCUT2D eigenvalue weighted by molar-refractivity contribution is 7.21. The van der Waals surface area contributed by atoms with E-state index in [2.05, 4.69) is 4.98 Å². The molecular weight excluding hydrogens is 366 g/mol. The van der Waals surface area contributed by atoms with Crippen molar-refractivity contribution in [3.05, 3.63) is 52.3 Å². The Morgan fingerprint density at radius 2 is 1.96 bits per heavy atom. The number of aromatic nitrogens is 2. The van der Waals surface area contributed by atoms with Gasteiger partial charge < -0.3 is 10.0 Å². The van der Waals surface area contributed by atoms with Crippen LogP contribution >= 0.6 is 22.7 Å². The van der Waals surface area contributed by atoms with Gasteiger partial charge in [-0.3, -0.25) is 9.20 Å². The van der Waals surface area contributed by atoms with Crippen LogP contribution < -0.4 is 0 Å². The van der Waals surface area contributed by atoms with E-state index in [1.807, 2.05) is 39.1 Å². The van der Waals surface area contributed by atoms with Crippen LogP contribution in [0.25, 0.3) is 15.3 Å². The fraction of sp³-hybridized carbons (Fsp3) is 0.263. The maximum atomic E-state index is 12.9. The Morgan fingerprint density at radius 3 is 2.73 bits per heavy atom. The van der Waals surface area contributed by atoms with Gasteiger partial charge in [0.1, 0.15) is 10.6 Å². The third-order valence-corrected chi connectivity index (χ3v) is 6.86. The summed E-state index contributed by atoms with van der Waals surface area (Å²) in [4.78, 5) is 22.1. The van der Waals surface area contributed by atoms with Crippen LogP contribution in [0, 0.1) is 0 Å². The largest absolute Gasteiger partial charge is 0.508 e. The number of imidazole rings is 1. The van der Waals surface area contributed by atoms with Gasteiger partial charge in [-0.15, -0.1) is 22.7 Å². The lowest BCUT2D eigenvalue weighted by Crippen LogP contribution is -2.37. The maximum Gasteiger partial charge on any atom is 0.264 e. The van der Waals surface area contributed by atoms with Crippen LogP contribution in [-0.4, -0.2) is 38.4 Å². The molecule has 5 nitrogen and oxygen atoms in total. The zero-order chi connectivity index (χ0) is 17.7. The van der Waals surface area contributed by atoms with Crippen molar-refractivity contribution in [1.29, 1.82) is 0 Å². The Balaban J connectivity index is 1.32. The van der Waals surface area contributed by atoms with Gasteiger partial charge >= 0.3 is 0 Å². The third-order valence-electron chi connectivity index (χ3n) is 5.10. The number of phenolic OH excluding ortho intramolecular Hbond substituents is 1. The molecular formula is C19H17N3O2S2. The predicted octanol–water partition coefficient (Wildman–Crippen LogP) is 4.34. The monoisotopic (exact) mass is 383 g/mol. The number of fused-ring (bicyclic) bond motifs is 3. The van der Waals surface area contributed by atoms with Crippen molar-refractivity contribution in [3.63, 3.8) is 0 Å². The molecule has 1 aliphatic rings. The third kappa shape index (κ3) is 2.59. The number of hydrogen-bond acceptors (Lipinski definition) is 5. The van der Waals surface area contributed by atoms with Crippen LogP contribution in [0.4, 0.5) is 0 Å². The summed E-state index contributed by atoms with van der Waals surface area (Å²) in [5.41, 5.74) is 2.26. The summed E-state index contributed by atoms with van der Waals surface area (Å²) < 4.78 is 2.05. The first-order valence-electron chi connectivity index (χ1n) is 8.62. The van der Waals surface area contributed by atoms with Crippen LogP contribution in [0.2, 0.25) is 0 Å². The summed E-state index contributed by atoms with van der Waals surface area (Å²) in [6.07, 6.45) is 3.91. The molecule has 0 unspecified atom stereocenters. The van der Waals surface area contributed by atoms with E-state index >= 15 is 0 Å². The van der Waals surface area contributed by atoms with E-state index in [4.69, 9.17) is 0 Å². The van der Waals surface area contributed by atoms with Gasteiger partial charge in [-0.2, -0.15) is 0 Å². The number of aromatic hydroxyl groups is 1. The summed E-state index contributed by atoms with van der Waals surface area (Å²) in [5, 5.41) is 11.4. The Labute approximate surface area is 158 Å². The molecule has 0 atom stereocenters. The Kier molecular flexibility index (Phi) is 3.72. The molecule has 1 N–H and O–H groups in total. The molecule has 4 aromatic rings. The molecule has 0 radical (unpaired) electrons. The molecule has 1 fully saturated rings. The van der Waals surface area contributed by atoms with Gasteiger partial charge in [0.2, 0.25) is 0 Å². The highest BCUT2D eigenvalue weighted by atomic mass is 32.1. The average molecular weight is 383 g/mol. The van der Waals surface area contributed by atoms with Gasteiger partial charge in [-0.1, -0.05) is 12.1 Å². The van der Waals surface area contributed by atoms with Gasteiger partial charge in [0.05, 0.1) is 10.4 Å². The van der Waals surface area contributed by atoms with Gasteiger partial charge in [0, 0.05) is 24.7 Å². The minimum absolute atomic E-state index is 0.112. The van der Waals surface area contributed by atoms with Crippen molar-refractivity contribution in [1.82, 2.24) is 14.3 Å². The Hall–Kier alpha value is -2.38. The normalized spacial score (nSPS) is 15.9. The van der Waals surface area contributed by atoms with Crippen LogP contribution in [0.1, 0.15) is 34.0 Å². The zero-order valence-electron chi connectivity index (χ0n) is 14.0. The summed E-state index contributed by atoms with van der Waals surface area (Å²) in [6.45, 7) is 1.53. The molecule has 7 heteroatoms. The fourth-order valence-corrected chi connectivity index (χ4v) is 5.44. The molecule has 0 saturated carbocycles. The summed E-state index contributed by atoms with van der Waals surface area (Å²) in [7, 11) is 0. The molecule has 5 rings (SSSR count). The number of thiophene rings is 1. The van der Waals surface area contributed by atoms with Crippen LogP contribution in [0.15, 0.2) is 41.9 Å². The Morgan fingerprint density at radius 1 is 1.19 bits per heavy atom. The van der Waals surface area contributed by atoms with E-state index in [9.17, 15) is 9.90 Å². The van der Waals surface area contributed by atoms with Crippen LogP contribution in [-0.2, 0) is 0 Å². The molecule has 4 heterocycles. The SMILES string of the molecule is O=C(c1cc2c(nc3sccn32)s1)N1CCC(c2ccc(O)cc2)CC1. The van der Waals surface area contributed by atoms with E-state index in [-0.39, 0.29) is 5.91 Å². The lowest BCUT2D eigenvalue weighted by atomic mass is 9.89. The molecule has 1 amide bonds. The number of phenols is 1. The first-order valence-corrected chi connectivity index (χ1v) is 10.3. The van der Waals surface area contributed by atoms with Crippen molar-refractivity contribution < 1.29 is 9.90 Å². The number of thiazole rings is 1. The second-order valence-electron chi connectivity index (χ2n) is 6.63. The topological polar surface area (TPSA) is 57.8 Å². The fourth-order valence-electron chi connectivity index (χ4n) is 3.67. The smallest absolute Gasteiger partial charge is 0.264 e. The van der Waals surface area contributed by atoms with Crippen LogP contribution in [0.5, 0.6) is 5.75 Å². The maximum absolute atomic E-state index is 12.9. The van der Waals surface area contributed by atoms with E-state index in [1.165, 1.54) is 16.9 Å². The number of hydrogen-bond donors (Lipinski definition) is 1. The standard InChI is InChI=1S/C19H17N3O2S2/c23-14-3-1-12(2-4-14)13-5-7-21(8-6-13)18(24)16-11-15-17(26-16)20-19-22(15)9-10-25-19/h1-4,9-11,13,23H,5-8H2. The average Bonchev–Trinajstić information content (AvgIpc) is 3.34. The predicted molar refractivity (Wildman–Crippen MR) is 104 cm³/mol. The molecule has 3 aromatic heterocycles. The zero-order valence-corrected chi connectivity index (χ0v) is 15.6. The summed E-state index contributed by atoms with van der Waals surface area (Å²) in [6, 6.07) is 9.41. The number of rotatable bonds is 2. The molecule has 132 valence electrons. The number of benzene rings is 1. The molecule has 1 aliphatic heterocycles. The second kappa shape index (κ2) is 6.10. The molecule has 0 spiro atoms. The van der Waals surface area contributed by atoms with E-state index in [0.29, 0.717) is 11.7 Å². The van der Waals surface area contributed by atoms with Crippen molar-refractivity contribution in [2.75, 3.05) is 13.1 Å². The van der Waals surface area contributed by atoms with Crippen molar-refractivity contribution >= 4 is 43.9 Å². The molecule has 1 saturated heterocycles. The van der Waals surface area contributed by atoms with E-state index in [1.54, 1.807) is 23.5 Å².